The summed E-state index contributed by atoms with van der Waals surface area (Å²) in [6, 6.07) is 0.783. The standard InChI is InChI=1S/C9H14N2O2/c12-9-11-4-6-1-2-7(10-3-6)8(11)5-13-9/h6-8,10H,1-5H2/t6?,7-,8+/m0/s1. The van der Waals surface area contributed by atoms with Crippen molar-refractivity contribution in [3.63, 3.8) is 0 Å². The molecule has 0 aromatic rings. The zero-order valence-electron chi connectivity index (χ0n) is 7.53. The third-order valence-corrected chi connectivity index (χ3v) is 3.49. The zero-order valence-corrected chi connectivity index (χ0v) is 7.53. The van der Waals surface area contributed by atoms with E-state index in [0.717, 1.165) is 13.1 Å². The molecule has 0 aromatic carbocycles. The predicted octanol–water partition coefficient (Wildman–Crippen LogP) is 0.189. The first-order valence-electron chi connectivity index (χ1n) is 5.01. The average molecular weight is 182 g/mol. The highest BCUT2D eigenvalue weighted by molar-refractivity contribution is 5.70. The number of nitrogens with zero attached hydrogens (tertiary/aromatic N) is 1. The Hall–Kier alpha value is -0.770. The molecule has 4 nitrogen and oxygen atoms in total. The zero-order chi connectivity index (χ0) is 8.84. The molecule has 0 spiro atoms. The number of piperidine rings is 1. The number of hydrogen-bond donors (Lipinski definition) is 1. The van der Waals surface area contributed by atoms with Gasteiger partial charge in [-0.3, -0.25) is 4.90 Å². The highest BCUT2D eigenvalue weighted by atomic mass is 16.6. The molecule has 4 fully saturated rings. The highest BCUT2D eigenvalue weighted by Crippen LogP contribution is 2.29. The van der Waals surface area contributed by atoms with E-state index in [0.29, 0.717) is 24.6 Å². The molecule has 1 amide bonds. The summed E-state index contributed by atoms with van der Waals surface area (Å²) < 4.78 is 5.06. The second-order valence-corrected chi connectivity index (χ2v) is 4.25. The second kappa shape index (κ2) is 2.61. The number of amides is 1. The molecule has 0 aromatic heterocycles. The molecule has 13 heavy (non-hydrogen) atoms. The van der Waals surface area contributed by atoms with Gasteiger partial charge in [-0.15, -0.1) is 0 Å². The number of fused-ring (bicyclic) bond motifs is 2. The van der Waals surface area contributed by atoms with Crippen molar-refractivity contribution in [1.29, 1.82) is 0 Å². The highest BCUT2D eigenvalue weighted by Gasteiger charge is 2.44. The number of rotatable bonds is 0. The van der Waals surface area contributed by atoms with Gasteiger partial charge in [0.15, 0.2) is 0 Å². The number of ether oxygens (including phenoxy) is 1. The van der Waals surface area contributed by atoms with E-state index in [-0.39, 0.29) is 6.09 Å². The van der Waals surface area contributed by atoms with Gasteiger partial charge in [0, 0.05) is 12.6 Å². The molecule has 0 radical (unpaired) electrons. The minimum absolute atomic E-state index is 0.106. The van der Waals surface area contributed by atoms with Crippen LogP contribution >= 0.6 is 0 Å². The molecule has 1 unspecified atom stereocenters. The van der Waals surface area contributed by atoms with Crippen LogP contribution in [-0.4, -0.2) is 42.8 Å². The second-order valence-electron chi connectivity index (χ2n) is 4.25. The van der Waals surface area contributed by atoms with Crippen molar-refractivity contribution in [3.05, 3.63) is 0 Å². The maximum absolute atomic E-state index is 11.4. The Labute approximate surface area is 77.2 Å². The van der Waals surface area contributed by atoms with Gasteiger partial charge in [0.2, 0.25) is 0 Å². The van der Waals surface area contributed by atoms with Crippen molar-refractivity contribution < 1.29 is 9.53 Å². The van der Waals surface area contributed by atoms with E-state index in [2.05, 4.69) is 5.32 Å². The monoisotopic (exact) mass is 182 g/mol. The Balaban J connectivity index is 1.90. The first kappa shape index (κ1) is 7.62. The van der Waals surface area contributed by atoms with E-state index in [1.807, 2.05) is 4.90 Å². The van der Waals surface area contributed by atoms with E-state index in [1.165, 1.54) is 12.8 Å². The van der Waals surface area contributed by atoms with Crippen LogP contribution in [0.4, 0.5) is 4.79 Å². The lowest BCUT2D eigenvalue weighted by Crippen LogP contribution is -2.46. The molecule has 1 N–H and O–H groups in total. The van der Waals surface area contributed by atoms with Crippen LogP contribution in [0.5, 0.6) is 0 Å². The van der Waals surface area contributed by atoms with Crippen molar-refractivity contribution in [2.45, 2.75) is 24.9 Å². The maximum atomic E-state index is 11.4. The van der Waals surface area contributed by atoms with Crippen molar-refractivity contribution in [2.75, 3.05) is 19.7 Å². The summed E-state index contributed by atoms with van der Waals surface area (Å²) in [5.74, 6) is 0.645. The van der Waals surface area contributed by atoms with Gasteiger partial charge in [0.1, 0.15) is 6.61 Å². The molecule has 3 atom stereocenters. The van der Waals surface area contributed by atoms with Crippen LogP contribution in [0, 0.1) is 5.92 Å². The third-order valence-electron chi connectivity index (χ3n) is 3.49. The molecule has 4 aliphatic rings. The van der Waals surface area contributed by atoms with E-state index in [4.69, 9.17) is 4.74 Å². The molecule has 4 heteroatoms. The van der Waals surface area contributed by atoms with Gasteiger partial charge in [-0.25, -0.2) is 4.79 Å². The predicted molar refractivity (Wildman–Crippen MR) is 46.4 cm³/mol. The number of carbonyl (C=O) groups excluding carboxylic acids is 1. The Morgan fingerprint density at radius 1 is 1.46 bits per heavy atom. The Bertz CT molecular complexity index is 236. The van der Waals surface area contributed by atoms with E-state index < -0.39 is 0 Å². The number of nitrogens with one attached hydrogen (secondary N) is 1. The van der Waals surface area contributed by atoms with Gasteiger partial charge in [-0.1, -0.05) is 0 Å². The van der Waals surface area contributed by atoms with E-state index in [1.54, 1.807) is 0 Å². The molecule has 72 valence electrons. The molecule has 2 bridgehead atoms. The minimum Gasteiger partial charge on any atom is -0.447 e. The van der Waals surface area contributed by atoms with Gasteiger partial charge in [-0.2, -0.15) is 0 Å². The van der Waals surface area contributed by atoms with Gasteiger partial charge in [-0.05, 0) is 25.3 Å². The first-order chi connectivity index (χ1) is 6.34. The third kappa shape index (κ3) is 1.05. The quantitative estimate of drug-likeness (QED) is 0.581. The molecule has 4 heterocycles. The SMILES string of the molecule is O=C1OC[C@@H]2[C@@H]3CCC(CN3)CN12. The maximum Gasteiger partial charge on any atom is 0.410 e. The summed E-state index contributed by atoms with van der Waals surface area (Å²) in [4.78, 5) is 13.3. The van der Waals surface area contributed by atoms with E-state index >= 15 is 0 Å². The summed E-state index contributed by atoms with van der Waals surface area (Å²) in [5.41, 5.74) is 0. The fraction of sp³-hybridized carbons (Fsp3) is 0.889. The lowest BCUT2D eigenvalue weighted by molar-refractivity contribution is 0.154. The minimum atomic E-state index is -0.106. The lowest BCUT2D eigenvalue weighted by Gasteiger charge is -2.26. The van der Waals surface area contributed by atoms with Crippen molar-refractivity contribution in [3.8, 4) is 0 Å². The van der Waals surface area contributed by atoms with Gasteiger partial charge in [0.25, 0.3) is 0 Å². The van der Waals surface area contributed by atoms with Crippen LogP contribution in [0.25, 0.3) is 0 Å². The number of hydrogen-bond acceptors (Lipinski definition) is 3. The van der Waals surface area contributed by atoms with Crippen molar-refractivity contribution >= 4 is 6.09 Å². The molecule has 0 saturated carbocycles. The molecule has 0 aliphatic carbocycles. The van der Waals surface area contributed by atoms with Gasteiger partial charge in [0.05, 0.1) is 6.04 Å². The molecular weight excluding hydrogens is 168 g/mol. The van der Waals surface area contributed by atoms with Crippen LogP contribution in [0.1, 0.15) is 12.8 Å². The molecule has 4 aliphatic heterocycles. The topological polar surface area (TPSA) is 41.6 Å². The normalized spacial score (nSPS) is 42.9. The Morgan fingerprint density at radius 3 is 3.15 bits per heavy atom. The van der Waals surface area contributed by atoms with Gasteiger partial charge >= 0.3 is 6.09 Å². The Morgan fingerprint density at radius 2 is 2.38 bits per heavy atom. The fourth-order valence-electron chi connectivity index (χ4n) is 2.71. The van der Waals surface area contributed by atoms with Crippen LogP contribution in [0.2, 0.25) is 0 Å². The summed E-state index contributed by atoms with van der Waals surface area (Å²) >= 11 is 0. The summed E-state index contributed by atoms with van der Waals surface area (Å²) in [6.07, 6.45) is 2.35. The largest absolute Gasteiger partial charge is 0.447 e. The molecular formula is C9H14N2O2. The van der Waals surface area contributed by atoms with E-state index in [9.17, 15) is 4.79 Å². The lowest BCUT2D eigenvalue weighted by atomic mass is 9.95. The Kier molecular flexibility index (Phi) is 1.53. The fourth-order valence-corrected chi connectivity index (χ4v) is 2.71. The number of cyclic esters (lactones) is 1. The van der Waals surface area contributed by atoms with Crippen LogP contribution in [0.15, 0.2) is 0 Å². The van der Waals surface area contributed by atoms with Crippen LogP contribution in [-0.2, 0) is 4.74 Å². The smallest absolute Gasteiger partial charge is 0.410 e. The van der Waals surface area contributed by atoms with Crippen LogP contribution in [0.3, 0.4) is 0 Å². The molecule has 4 saturated heterocycles. The first-order valence-corrected chi connectivity index (χ1v) is 5.01. The van der Waals surface area contributed by atoms with Gasteiger partial charge < -0.3 is 10.1 Å². The molecule has 4 rings (SSSR count). The summed E-state index contributed by atoms with van der Waals surface area (Å²) in [5, 5.41) is 3.50. The van der Waals surface area contributed by atoms with Crippen LogP contribution < -0.4 is 5.32 Å². The van der Waals surface area contributed by atoms with Crippen molar-refractivity contribution in [2.24, 2.45) is 5.92 Å². The van der Waals surface area contributed by atoms with Crippen molar-refractivity contribution in [1.82, 2.24) is 10.2 Å². The number of carbonyl (C=O) groups is 1. The average Bonchev–Trinajstić information content (AvgIpc) is 2.38. The summed E-state index contributed by atoms with van der Waals surface area (Å²) in [6.45, 7) is 2.56. The summed E-state index contributed by atoms with van der Waals surface area (Å²) in [7, 11) is 0.